The van der Waals surface area contributed by atoms with E-state index in [9.17, 15) is 0 Å². The lowest BCUT2D eigenvalue weighted by Gasteiger charge is -2.00. The van der Waals surface area contributed by atoms with E-state index < -0.39 is 0 Å². The number of anilines is 1. The number of nitrogen functional groups attached to an aromatic ring is 1. The largest absolute Gasteiger partial charge is 0.368 e. The second-order valence-corrected chi connectivity index (χ2v) is 5.02. The maximum Gasteiger partial charge on any atom is 0.222 e. The molecule has 0 saturated heterocycles. The topological polar surface area (TPSA) is 56.2 Å². The Kier molecular flexibility index (Phi) is 3.34. The first-order valence-corrected chi connectivity index (χ1v) is 6.63. The van der Waals surface area contributed by atoms with Gasteiger partial charge in [0.15, 0.2) is 0 Å². The molecule has 0 aliphatic heterocycles. The van der Waals surface area contributed by atoms with Crippen molar-refractivity contribution >= 4 is 46.4 Å². The number of hydrogen-bond acceptors (Lipinski definition) is 3. The zero-order valence-electron chi connectivity index (χ0n) is 10.3. The summed E-state index contributed by atoms with van der Waals surface area (Å²) in [4.78, 5) is 4.23. The van der Waals surface area contributed by atoms with Gasteiger partial charge in [-0.15, -0.1) is 0 Å². The molecule has 3 rings (SSSR count). The van der Waals surface area contributed by atoms with Gasteiger partial charge in [0.1, 0.15) is 0 Å². The van der Waals surface area contributed by atoms with Crippen molar-refractivity contribution in [3.05, 3.63) is 58.1 Å². The van der Waals surface area contributed by atoms with Gasteiger partial charge in [-0.1, -0.05) is 41.4 Å². The fourth-order valence-electron chi connectivity index (χ4n) is 1.88. The molecule has 0 bridgehead atoms. The van der Waals surface area contributed by atoms with Gasteiger partial charge in [-0.3, -0.25) is 0 Å². The monoisotopic (exact) mass is 304 g/mol. The minimum Gasteiger partial charge on any atom is -0.368 e. The second-order valence-electron chi connectivity index (χ2n) is 4.18. The Morgan fingerprint density at radius 2 is 1.95 bits per heavy atom. The highest BCUT2D eigenvalue weighted by Crippen LogP contribution is 2.20. The Balaban J connectivity index is 2.04. The van der Waals surface area contributed by atoms with Gasteiger partial charge in [0.05, 0.1) is 22.3 Å². The van der Waals surface area contributed by atoms with Gasteiger partial charge in [0.25, 0.3) is 0 Å². The molecule has 0 radical (unpaired) electrons. The Morgan fingerprint density at radius 3 is 2.75 bits per heavy atom. The standard InChI is InChI=1S/C14H10Cl2N4/c15-10-6-5-9(11(16)7-10)8-18-20-13-4-2-1-3-12(13)19-14(20)17/h1-8H,(H2,17,19)/b18-8-. The van der Waals surface area contributed by atoms with E-state index in [1.165, 1.54) is 0 Å². The SMILES string of the molecule is Nc1nc2ccccc2n1/N=C\c1ccc(Cl)cc1Cl. The zero-order valence-corrected chi connectivity index (χ0v) is 11.8. The van der Waals surface area contributed by atoms with Crippen LogP contribution in [0.2, 0.25) is 10.0 Å². The number of aromatic nitrogens is 2. The van der Waals surface area contributed by atoms with Crippen LogP contribution in [0.1, 0.15) is 5.56 Å². The van der Waals surface area contributed by atoms with E-state index in [0.717, 1.165) is 16.6 Å². The summed E-state index contributed by atoms with van der Waals surface area (Å²) in [5, 5.41) is 5.45. The van der Waals surface area contributed by atoms with Crippen LogP contribution in [-0.4, -0.2) is 15.9 Å². The second kappa shape index (κ2) is 5.15. The van der Waals surface area contributed by atoms with Crippen molar-refractivity contribution in [2.75, 3.05) is 5.73 Å². The molecule has 2 N–H and O–H groups in total. The number of para-hydroxylation sites is 2. The highest BCUT2D eigenvalue weighted by molar-refractivity contribution is 6.36. The van der Waals surface area contributed by atoms with E-state index >= 15 is 0 Å². The molecule has 0 aliphatic carbocycles. The van der Waals surface area contributed by atoms with E-state index in [0.29, 0.717) is 16.0 Å². The third-order valence-electron chi connectivity index (χ3n) is 2.84. The van der Waals surface area contributed by atoms with Gasteiger partial charge < -0.3 is 5.73 Å². The molecule has 2 aromatic carbocycles. The molecule has 20 heavy (non-hydrogen) atoms. The number of imidazole rings is 1. The molecule has 0 fully saturated rings. The molecule has 0 atom stereocenters. The van der Waals surface area contributed by atoms with Crippen molar-refractivity contribution in [2.45, 2.75) is 0 Å². The van der Waals surface area contributed by atoms with Crippen molar-refractivity contribution in [1.82, 2.24) is 9.66 Å². The summed E-state index contributed by atoms with van der Waals surface area (Å²) in [6.45, 7) is 0. The van der Waals surface area contributed by atoms with Crippen LogP contribution in [0.15, 0.2) is 47.6 Å². The summed E-state index contributed by atoms with van der Waals surface area (Å²) in [6.07, 6.45) is 1.63. The molecule has 0 saturated carbocycles. The van der Waals surface area contributed by atoms with Crippen LogP contribution in [0.25, 0.3) is 11.0 Å². The number of nitrogens with zero attached hydrogens (tertiary/aromatic N) is 3. The molecule has 0 unspecified atom stereocenters. The number of benzene rings is 2. The molecular formula is C14H10Cl2N4. The minimum atomic E-state index is 0.326. The average Bonchev–Trinajstić information content (AvgIpc) is 2.74. The molecule has 0 spiro atoms. The van der Waals surface area contributed by atoms with E-state index in [2.05, 4.69) is 10.1 Å². The Labute approximate surface area is 125 Å². The van der Waals surface area contributed by atoms with Crippen LogP contribution in [-0.2, 0) is 0 Å². The highest BCUT2D eigenvalue weighted by Gasteiger charge is 2.06. The summed E-state index contributed by atoms with van der Waals surface area (Å²) >= 11 is 12.0. The molecular weight excluding hydrogens is 295 g/mol. The number of fused-ring (bicyclic) bond motifs is 1. The summed E-state index contributed by atoms with van der Waals surface area (Å²) in [5.74, 6) is 0.326. The number of halogens is 2. The number of rotatable bonds is 2. The van der Waals surface area contributed by atoms with Gasteiger partial charge in [-0.25, -0.2) is 4.98 Å². The van der Waals surface area contributed by atoms with Crippen LogP contribution < -0.4 is 5.73 Å². The Morgan fingerprint density at radius 1 is 1.15 bits per heavy atom. The van der Waals surface area contributed by atoms with Crippen LogP contribution in [0, 0.1) is 0 Å². The van der Waals surface area contributed by atoms with Crippen molar-refractivity contribution in [3.63, 3.8) is 0 Å². The van der Waals surface area contributed by atoms with E-state index in [4.69, 9.17) is 28.9 Å². The van der Waals surface area contributed by atoms with Crippen LogP contribution in [0.5, 0.6) is 0 Å². The normalized spacial score (nSPS) is 11.5. The van der Waals surface area contributed by atoms with E-state index in [-0.39, 0.29) is 0 Å². The highest BCUT2D eigenvalue weighted by atomic mass is 35.5. The maximum absolute atomic E-state index is 6.10. The smallest absolute Gasteiger partial charge is 0.222 e. The average molecular weight is 305 g/mol. The number of hydrogen-bond donors (Lipinski definition) is 1. The first-order valence-electron chi connectivity index (χ1n) is 5.87. The molecule has 3 aromatic rings. The molecule has 6 heteroatoms. The van der Waals surface area contributed by atoms with Crippen LogP contribution >= 0.6 is 23.2 Å². The molecule has 1 aromatic heterocycles. The quantitative estimate of drug-likeness (QED) is 0.732. The Bertz CT molecular complexity index is 808. The third-order valence-corrected chi connectivity index (χ3v) is 3.40. The van der Waals surface area contributed by atoms with Gasteiger partial charge in [0, 0.05) is 10.6 Å². The van der Waals surface area contributed by atoms with Gasteiger partial charge in [-0.2, -0.15) is 9.78 Å². The maximum atomic E-state index is 6.10. The molecule has 0 amide bonds. The van der Waals surface area contributed by atoms with E-state index in [1.54, 1.807) is 29.1 Å². The third kappa shape index (κ3) is 2.35. The van der Waals surface area contributed by atoms with Gasteiger partial charge in [-0.05, 0) is 24.3 Å². The van der Waals surface area contributed by atoms with Crippen LogP contribution in [0.4, 0.5) is 5.95 Å². The molecule has 0 aliphatic rings. The van der Waals surface area contributed by atoms with Crippen LogP contribution in [0.3, 0.4) is 0 Å². The van der Waals surface area contributed by atoms with Gasteiger partial charge >= 0.3 is 0 Å². The first-order chi connectivity index (χ1) is 9.65. The van der Waals surface area contributed by atoms with Crippen molar-refractivity contribution < 1.29 is 0 Å². The molecule has 1 heterocycles. The Hall–Kier alpha value is -2.04. The van der Waals surface area contributed by atoms with E-state index in [1.807, 2.05) is 24.3 Å². The minimum absolute atomic E-state index is 0.326. The van der Waals surface area contributed by atoms with Crippen molar-refractivity contribution in [2.24, 2.45) is 5.10 Å². The predicted octanol–water partition coefficient (Wildman–Crippen LogP) is 3.81. The summed E-state index contributed by atoms with van der Waals surface area (Å²) in [6, 6.07) is 12.8. The lowest BCUT2D eigenvalue weighted by Crippen LogP contribution is -1.98. The lowest BCUT2D eigenvalue weighted by molar-refractivity contribution is 0.931. The fourth-order valence-corrected chi connectivity index (χ4v) is 2.34. The summed E-state index contributed by atoms with van der Waals surface area (Å²) in [7, 11) is 0. The molecule has 100 valence electrons. The molecule has 4 nitrogen and oxygen atoms in total. The fraction of sp³-hybridized carbons (Fsp3) is 0. The summed E-state index contributed by atoms with van der Waals surface area (Å²) < 4.78 is 1.57. The van der Waals surface area contributed by atoms with Gasteiger partial charge in [0.2, 0.25) is 5.95 Å². The summed E-state index contributed by atoms with van der Waals surface area (Å²) in [5.41, 5.74) is 8.26. The predicted molar refractivity (Wildman–Crippen MR) is 83.6 cm³/mol. The van der Waals surface area contributed by atoms with Crippen molar-refractivity contribution in [1.29, 1.82) is 0 Å². The zero-order chi connectivity index (χ0) is 14.1. The van der Waals surface area contributed by atoms with Crippen molar-refractivity contribution in [3.8, 4) is 0 Å². The lowest BCUT2D eigenvalue weighted by atomic mass is 10.2. The number of nitrogens with two attached hydrogens (primary N) is 1. The first kappa shape index (κ1) is 13.0.